The van der Waals surface area contributed by atoms with Crippen molar-refractivity contribution in [1.82, 2.24) is 0 Å². The van der Waals surface area contributed by atoms with Crippen molar-refractivity contribution < 1.29 is 9.84 Å². The van der Waals surface area contributed by atoms with Gasteiger partial charge in [-0.3, -0.25) is 0 Å². The van der Waals surface area contributed by atoms with Crippen molar-refractivity contribution in [2.45, 2.75) is 77.6 Å². The van der Waals surface area contributed by atoms with Crippen molar-refractivity contribution in [3.05, 3.63) is 0 Å². The van der Waals surface area contributed by atoms with Gasteiger partial charge in [0.25, 0.3) is 0 Å². The standard InChI is InChI=1S/C15H32O2/c1-2-3-4-5-6-7-8-9-10-11-12-14-17-15-13-16/h16H,2-15H2,1H3. The summed E-state index contributed by atoms with van der Waals surface area (Å²) in [6, 6.07) is 0. The molecule has 0 aliphatic heterocycles. The average molecular weight is 244 g/mol. The zero-order chi connectivity index (χ0) is 12.6. The van der Waals surface area contributed by atoms with E-state index in [1.807, 2.05) is 0 Å². The molecule has 2 heteroatoms. The van der Waals surface area contributed by atoms with E-state index in [2.05, 4.69) is 6.92 Å². The second-order valence-electron chi connectivity index (χ2n) is 4.87. The summed E-state index contributed by atoms with van der Waals surface area (Å²) < 4.78 is 5.22. The van der Waals surface area contributed by atoms with E-state index < -0.39 is 0 Å². The van der Waals surface area contributed by atoms with Gasteiger partial charge in [-0.1, -0.05) is 71.1 Å². The summed E-state index contributed by atoms with van der Waals surface area (Å²) in [5.41, 5.74) is 0. The van der Waals surface area contributed by atoms with Crippen molar-refractivity contribution in [3.8, 4) is 0 Å². The highest BCUT2D eigenvalue weighted by atomic mass is 16.5. The number of unbranched alkanes of at least 4 members (excludes halogenated alkanes) is 10. The second kappa shape index (κ2) is 15.9. The van der Waals surface area contributed by atoms with Gasteiger partial charge in [-0.25, -0.2) is 0 Å². The molecule has 0 atom stereocenters. The van der Waals surface area contributed by atoms with E-state index in [1.165, 1.54) is 64.2 Å². The van der Waals surface area contributed by atoms with Gasteiger partial charge in [-0.15, -0.1) is 0 Å². The quantitative estimate of drug-likeness (QED) is 0.461. The minimum atomic E-state index is 0.151. The zero-order valence-electron chi connectivity index (χ0n) is 11.8. The lowest BCUT2D eigenvalue weighted by Crippen LogP contribution is -2.00. The van der Waals surface area contributed by atoms with Crippen LogP contribution in [0.1, 0.15) is 77.6 Å². The molecule has 0 aliphatic carbocycles. The molecule has 17 heavy (non-hydrogen) atoms. The molecular formula is C15H32O2. The molecule has 0 rings (SSSR count). The van der Waals surface area contributed by atoms with Crippen molar-refractivity contribution in [1.29, 1.82) is 0 Å². The summed E-state index contributed by atoms with van der Waals surface area (Å²) in [6.07, 6.45) is 15.0. The van der Waals surface area contributed by atoms with Crippen LogP contribution in [0, 0.1) is 0 Å². The van der Waals surface area contributed by atoms with E-state index >= 15 is 0 Å². The number of hydrogen-bond donors (Lipinski definition) is 1. The molecule has 2 nitrogen and oxygen atoms in total. The molecule has 0 heterocycles. The summed E-state index contributed by atoms with van der Waals surface area (Å²) in [4.78, 5) is 0. The lowest BCUT2D eigenvalue weighted by Gasteiger charge is -2.03. The molecule has 0 spiro atoms. The van der Waals surface area contributed by atoms with Crippen LogP contribution in [-0.2, 0) is 4.74 Å². The first-order chi connectivity index (χ1) is 8.41. The van der Waals surface area contributed by atoms with E-state index in [0.717, 1.165) is 13.0 Å². The molecule has 0 radical (unpaired) electrons. The van der Waals surface area contributed by atoms with Crippen LogP contribution < -0.4 is 0 Å². The third-order valence-electron chi connectivity index (χ3n) is 3.13. The van der Waals surface area contributed by atoms with Crippen LogP contribution in [0.25, 0.3) is 0 Å². The number of aliphatic hydroxyl groups is 1. The Morgan fingerprint density at radius 1 is 0.647 bits per heavy atom. The number of aliphatic hydroxyl groups excluding tert-OH is 1. The van der Waals surface area contributed by atoms with Crippen LogP contribution in [0.4, 0.5) is 0 Å². The third-order valence-corrected chi connectivity index (χ3v) is 3.13. The molecule has 0 fully saturated rings. The molecule has 104 valence electrons. The van der Waals surface area contributed by atoms with Crippen LogP contribution in [0.3, 0.4) is 0 Å². The van der Waals surface area contributed by atoms with E-state index in [-0.39, 0.29) is 6.61 Å². The van der Waals surface area contributed by atoms with Gasteiger partial charge >= 0.3 is 0 Å². The number of rotatable bonds is 14. The van der Waals surface area contributed by atoms with Crippen molar-refractivity contribution in [2.24, 2.45) is 0 Å². The molecule has 0 aromatic carbocycles. The Bertz CT molecular complexity index is 112. The Labute approximate surface area is 108 Å². The summed E-state index contributed by atoms with van der Waals surface area (Å²) in [7, 11) is 0. The first-order valence-corrected chi connectivity index (χ1v) is 7.60. The molecular weight excluding hydrogens is 212 g/mol. The van der Waals surface area contributed by atoms with E-state index in [9.17, 15) is 0 Å². The summed E-state index contributed by atoms with van der Waals surface area (Å²) in [6.45, 7) is 3.73. The van der Waals surface area contributed by atoms with Crippen LogP contribution in [0.2, 0.25) is 0 Å². The van der Waals surface area contributed by atoms with Gasteiger partial charge in [0, 0.05) is 6.61 Å². The van der Waals surface area contributed by atoms with Crippen LogP contribution in [0.15, 0.2) is 0 Å². The molecule has 0 amide bonds. The average Bonchev–Trinajstić information content (AvgIpc) is 2.35. The fourth-order valence-electron chi connectivity index (χ4n) is 2.03. The molecule has 1 N–H and O–H groups in total. The van der Waals surface area contributed by atoms with Crippen LogP contribution in [-0.4, -0.2) is 24.9 Å². The Kier molecular flexibility index (Phi) is 15.8. The van der Waals surface area contributed by atoms with Gasteiger partial charge in [-0.2, -0.15) is 0 Å². The van der Waals surface area contributed by atoms with E-state index in [1.54, 1.807) is 0 Å². The monoisotopic (exact) mass is 244 g/mol. The van der Waals surface area contributed by atoms with Crippen LogP contribution in [0.5, 0.6) is 0 Å². The first-order valence-electron chi connectivity index (χ1n) is 7.60. The highest BCUT2D eigenvalue weighted by Gasteiger charge is 1.93. The predicted molar refractivity (Wildman–Crippen MR) is 74.4 cm³/mol. The second-order valence-corrected chi connectivity index (χ2v) is 4.87. The van der Waals surface area contributed by atoms with Gasteiger partial charge < -0.3 is 9.84 Å². The van der Waals surface area contributed by atoms with Crippen molar-refractivity contribution >= 4 is 0 Å². The highest BCUT2D eigenvalue weighted by molar-refractivity contribution is 4.47. The Hall–Kier alpha value is -0.0800. The van der Waals surface area contributed by atoms with Crippen LogP contribution >= 0.6 is 0 Å². The van der Waals surface area contributed by atoms with Gasteiger partial charge in [0.15, 0.2) is 0 Å². The minimum absolute atomic E-state index is 0.151. The molecule has 0 saturated carbocycles. The molecule has 0 aliphatic rings. The molecule has 0 aromatic rings. The third kappa shape index (κ3) is 15.9. The van der Waals surface area contributed by atoms with Gasteiger partial charge in [0.2, 0.25) is 0 Å². The molecule has 0 saturated heterocycles. The SMILES string of the molecule is CCCCCCCCCCCCCOCCO. The van der Waals surface area contributed by atoms with Gasteiger partial charge in [0.1, 0.15) is 0 Å². The topological polar surface area (TPSA) is 29.5 Å². The molecule has 0 unspecified atom stereocenters. The lowest BCUT2D eigenvalue weighted by molar-refractivity contribution is 0.0895. The Balaban J connectivity index is 2.85. The fourth-order valence-corrected chi connectivity index (χ4v) is 2.03. The molecule has 0 bridgehead atoms. The van der Waals surface area contributed by atoms with E-state index in [0.29, 0.717) is 6.61 Å². The maximum atomic E-state index is 8.52. The van der Waals surface area contributed by atoms with Crippen molar-refractivity contribution in [3.63, 3.8) is 0 Å². The summed E-state index contributed by atoms with van der Waals surface area (Å²) >= 11 is 0. The lowest BCUT2D eigenvalue weighted by atomic mass is 10.1. The Morgan fingerprint density at radius 2 is 1.12 bits per heavy atom. The maximum Gasteiger partial charge on any atom is 0.0697 e. The Morgan fingerprint density at radius 3 is 1.59 bits per heavy atom. The largest absolute Gasteiger partial charge is 0.394 e. The van der Waals surface area contributed by atoms with Gasteiger partial charge in [-0.05, 0) is 6.42 Å². The molecule has 0 aromatic heterocycles. The maximum absolute atomic E-state index is 8.52. The first kappa shape index (κ1) is 16.9. The summed E-state index contributed by atoms with van der Waals surface area (Å²) in [5.74, 6) is 0. The normalized spacial score (nSPS) is 10.9. The zero-order valence-corrected chi connectivity index (χ0v) is 11.8. The number of hydrogen-bond acceptors (Lipinski definition) is 2. The van der Waals surface area contributed by atoms with Gasteiger partial charge in [0.05, 0.1) is 13.2 Å². The fraction of sp³-hybridized carbons (Fsp3) is 1.00. The van der Waals surface area contributed by atoms with E-state index in [4.69, 9.17) is 9.84 Å². The minimum Gasteiger partial charge on any atom is -0.394 e. The summed E-state index contributed by atoms with van der Waals surface area (Å²) in [5, 5.41) is 8.52. The highest BCUT2D eigenvalue weighted by Crippen LogP contribution is 2.11. The number of ether oxygens (including phenoxy) is 1. The predicted octanol–water partition coefficient (Wildman–Crippen LogP) is 4.31. The smallest absolute Gasteiger partial charge is 0.0697 e. The van der Waals surface area contributed by atoms with Crippen molar-refractivity contribution in [2.75, 3.05) is 19.8 Å².